The van der Waals surface area contributed by atoms with Gasteiger partial charge in [-0.05, 0) is 24.1 Å². The van der Waals surface area contributed by atoms with Crippen LogP contribution in [0.4, 0.5) is 0 Å². The Hall–Kier alpha value is -1.63. The monoisotopic (exact) mass is 204 g/mol. The molecule has 0 radical (unpaired) electrons. The van der Waals surface area contributed by atoms with Crippen LogP contribution in [0.15, 0.2) is 48.7 Å². The van der Waals surface area contributed by atoms with E-state index in [1.54, 1.807) is 42.6 Å². The molecule has 0 saturated heterocycles. The summed E-state index contributed by atoms with van der Waals surface area (Å²) in [5.74, 6) is 0. The molecule has 0 fully saturated rings. The molecule has 0 bridgehead atoms. The first-order valence-electron chi connectivity index (χ1n) is 8.10. The highest BCUT2D eigenvalue weighted by Gasteiger charge is 2.03. The van der Waals surface area contributed by atoms with Gasteiger partial charge in [-0.25, -0.2) is 0 Å². The Morgan fingerprint density at radius 1 is 1.20 bits per heavy atom. The van der Waals surface area contributed by atoms with Gasteiger partial charge in [0.15, 0.2) is 0 Å². The van der Waals surface area contributed by atoms with Gasteiger partial charge >= 0.3 is 0 Å². The Labute approximate surface area is 101 Å². The minimum atomic E-state index is -3.09. The number of hydrogen-bond acceptors (Lipinski definition) is 1. The number of nitrogens with zero attached hydrogens (tertiary/aromatic N) is 1. The Balaban J connectivity index is 2.63. The lowest BCUT2D eigenvalue weighted by atomic mass is 10.0. The lowest BCUT2D eigenvalue weighted by Gasteiger charge is -2.07. The number of benzene rings is 1. The number of aryl methyl sites for hydroxylation is 1. The third-order valence-electron chi connectivity index (χ3n) is 2.07. The second-order valence-electron chi connectivity index (χ2n) is 3.01. The van der Waals surface area contributed by atoms with Crippen molar-refractivity contribution in [2.24, 2.45) is 0 Å². The van der Waals surface area contributed by atoms with Crippen LogP contribution >= 0.6 is 0 Å². The maximum Gasteiger partial charge on any atom is 0.0704 e. The van der Waals surface area contributed by atoms with E-state index in [1.807, 2.05) is 0 Å². The lowest BCUT2D eigenvalue weighted by Crippen LogP contribution is -1.90. The van der Waals surface area contributed by atoms with Gasteiger partial charge in [0.1, 0.15) is 0 Å². The van der Waals surface area contributed by atoms with Crippen LogP contribution in [0.2, 0.25) is 0 Å². The van der Waals surface area contributed by atoms with E-state index >= 15 is 0 Å². The smallest absolute Gasteiger partial charge is 0.0704 e. The first kappa shape index (κ1) is 4.48. The van der Waals surface area contributed by atoms with Gasteiger partial charge in [0.25, 0.3) is 0 Å². The molecule has 1 heteroatoms. The molecule has 1 nitrogen and oxygen atoms in total. The zero-order valence-corrected chi connectivity index (χ0v) is 8.07. The summed E-state index contributed by atoms with van der Waals surface area (Å²) in [5, 5.41) is 0. The van der Waals surface area contributed by atoms with Gasteiger partial charge in [-0.2, -0.15) is 0 Å². The van der Waals surface area contributed by atoms with Crippen molar-refractivity contribution in [3.63, 3.8) is 0 Å². The molecule has 1 aromatic carbocycles. The SMILES string of the molecule is [2H]C([2H])([2H])C([2H])([2H])C([2H])([2H])c1ccccc1-c1ccccn1. The summed E-state index contributed by atoms with van der Waals surface area (Å²) in [6.07, 6.45) is -4.20. The molecule has 0 atom stereocenters. The summed E-state index contributed by atoms with van der Waals surface area (Å²) >= 11 is 0. The molecule has 2 aromatic rings. The van der Waals surface area contributed by atoms with Crippen LogP contribution in [0, 0.1) is 0 Å². The zero-order valence-electron chi connectivity index (χ0n) is 15.1. The summed E-state index contributed by atoms with van der Waals surface area (Å²) in [5.41, 5.74) is 0.805. The molecule has 0 spiro atoms. The van der Waals surface area contributed by atoms with Crippen LogP contribution in [0.1, 0.15) is 28.4 Å². The number of hydrogen-bond donors (Lipinski definition) is 0. The quantitative estimate of drug-likeness (QED) is 0.743. The van der Waals surface area contributed by atoms with E-state index in [-0.39, 0.29) is 5.56 Å². The predicted molar refractivity (Wildman–Crippen MR) is 63.7 cm³/mol. The van der Waals surface area contributed by atoms with Crippen molar-refractivity contribution < 1.29 is 9.60 Å². The van der Waals surface area contributed by atoms with Crippen molar-refractivity contribution in [3.8, 4) is 11.3 Å². The standard InChI is InChI=1S/C14H15N/c1-2-7-12-8-3-4-9-13(12)14-10-5-6-11-15-14/h3-6,8-11H,2,7H2,1H3/i1D3,2D2,7D2. The second-order valence-corrected chi connectivity index (χ2v) is 3.01. The molecule has 1 heterocycles. The first-order valence-corrected chi connectivity index (χ1v) is 4.60. The fraction of sp³-hybridized carbons (Fsp3) is 0.214. The van der Waals surface area contributed by atoms with Gasteiger partial charge in [-0.1, -0.05) is 43.6 Å². The van der Waals surface area contributed by atoms with E-state index < -0.39 is 19.6 Å². The molecule has 0 unspecified atom stereocenters. The minimum absolute atomic E-state index is 0.0326. The molecule has 0 N–H and O–H groups in total. The summed E-state index contributed by atoms with van der Waals surface area (Å²) in [4.78, 5) is 4.14. The highest BCUT2D eigenvalue weighted by atomic mass is 14.7. The Bertz CT molecular complexity index is 650. The zero-order chi connectivity index (χ0) is 16.6. The summed E-state index contributed by atoms with van der Waals surface area (Å²) in [6, 6.07) is 11.3. The normalized spacial score (nSPS) is 19.9. The first-order chi connectivity index (χ1) is 10.1. The van der Waals surface area contributed by atoms with Gasteiger partial charge in [0, 0.05) is 21.4 Å². The van der Waals surface area contributed by atoms with Gasteiger partial charge in [0.05, 0.1) is 5.69 Å². The molecule has 0 aliphatic heterocycles. The van der Waals surface area contributed by atoms with E-state index in [0.717, 1.165) is 0 Å². The average Bonchev–Trinajstić information content (AvgIpc) is 2.47. The van der Waals surface area contributed by atoms with Crippen LogP contribution in [0.3, 0.4) is 0 Å². The van der Waals surface area contributed by atoms with E-state index in [1.165, 1.54) is 6.07 Å². The number of pyridine rings is 1. The van der Waals surface area contributed by atoms with E-state index in [9.17, 15) is 0 Å². The van der Waals surface area contributed by atoms with Crippen LogP contribution in [0.5, 0.6) is 0 Å². The van der Waals surface area contributed by atoms with Crippen LogP contribution in [-0.2, 0) is 6.37 Å². The van der Waals surface area contributed by atoms with E-state index in [0.29, 0.717) is 11.3 Å². The van der Waals surface area contributed by atoms with Crippen LogP contribution < -0.4 is 0 Å². The number of rotatable bonds is 3. The van der Waals surface area contributed by atoms with Crippen molar-refractivity contribution in [2.45, 2.75) is 19.6 Å². The lowest BCUT2D eigenvalue weighted by molar-refractivity contribution is 0.922. The molecule has 15 heavy (non-hydrogen) atoms. The van der Waals surface area contributed by atoms with Crippen molar-refractivity contribution >= 4 is 0 Å². The van der Waals surface area contributed by atoms with Crippen LogP contribution in [0.25, 0.3) is 11.3 Å². The predicted octanol–water partition coefficient (Wildman–Crippen LogP) is 3.70. The molecular formula is C14H15N. The second kappa shape index (κ2) is 4.74. The summed E-state index contributed by atoms with van der Waals surface area (Å²) < 4.78 is 53.8. The summed E-state index contributed by atoms with van der Waals surface area (Å²) in [6.45, 7) is -3.09. The minimum Gasteiger partial charge on any atom is -0.256 e. The van der Waals surface area contributed by atoms with Crippen molar-refractivity contribution in [1.82, 2.24) is 4.98 Å². The van der Waals surface area contributed by atoms with Gasteiger partial charge in [0.2, 0.25) is 0 Å². The molecule has 2 rings (SSSR count). The highest BCUT2D eigenvalue weighted by molar-refractivity contribution is 5.63. The third kappa shape index (κ3) is 2.24. The highest BCUT2D eigenvalue weighted by Crippen LogP contribution is 2.22. The Morgan fingerprint density at radius 2 is 2.07 bits per heavy atom. The third-order valence-corrected chi connectivity index (χ3v) is 2.07. The fourth-order valence-corrected chi connectivity index (χ4v) is 1.40. The fourth-order valence-electron chi connectivity index (χ4n) is 1.40. The molecule has 0 aliphatic rings. The van der Waals surface area contributed by atoms with Gasteiger partial charge in [-0.3, -0.25) is 4.98 Å². The van der Waals surface area contributed by atoms with Crippen molar-refractivity contribution in [1.29, 1.82) is 0 Å². The van der Waals surface area contributed by atoms with Gasteiger partial charge in [-0.15, -0.1) is 0 Å². The molecule has 0 aliphatic carbocycles. The maximum absolute atomic E-state index is 8.12. The number of aromatic nitrogens is 1. The maximum atomic E-state index is 8.12. The topological polar surface area (TPSA) is 12.9 Å². The average molecular weight is 204 g/mol. The van der Waals surface area contributed by atoms with Crippen molar-refractivity contribution in [3.05, 3.63) is 54.2 Å². The van der Waals surface area contributed by atoms with Crippen molar-refractivity contribution in [2.75, 3.05) is 0 Å². The van der Waals surface area contributed by atoms with Crippen LogP contribution in [-0.4, -0.2) is 4.98 Å². The van der Waals surface area contributed by atoms with E-state index in [2.05, 4.69) is 4.98 Å². The van der Waals surface area contributed by atoms with E-state index in [4.69, 9.17) is 9.60 Å². The molecule has 1 aromatic heterocycles. The summed E-state index contributed by atoms with van der Waals surface area (Å²) in [7, 11) is 0. The molecule has 0 amide bonds. The molecule has 76 valence electrons. The Kier molecular flexibility index (Phi) is 1.42. The molecule has 0 saturated carbocycles. The van der Waals surface area contributed by atoms with Gasteiger partial charge < -0.3 is 0 Å². The largest absolute Gasteiger partial charge is 0.256 e. The molecular weight excluding hydrogens is 182 g/mol. The Morgan fingerprint density at radius 3 is 2.87 bits per heavy atom.